The Labute approximate surface area is 119 Å². The smallest absolute Gasteiger partial charge is 0.255 e. The van der Waals surface area contributed by atoms with Gasteiger partial charge in [0.1, 0.15) is 5.75 Å². The summed E-state index contributed by atoms with van der Waals surface area (Å²) in [6.07, 6.45) is 1.48. The Bertz CT molecular complexity index is 586. The van der Waals surface area contributed by atoms with Gasteiger partial charge in [-0.15, -0.1) is 5.10 Å². The average molecular weight is 292 g/mol. The van der Waals surface area contributed by atoms with Gasteiger partial charge in [-0.2, -0.15) is 5.10 Å². The third-order valence-electron chi connectivity index (χ3n) is 2.22. The molecule has 0 aromatic heterocycles. The zero-order chi connectivity index (χ0) is 14.4. The van der Waals surface area contributed by atoms with Gasteiger partial charge in [-0.3, -0.25) is 9.59 Å². The molecule has 2 amide bonds. The van der Waals surface area contributed by atoms with E-state index in [0.717, 1.165) is 0 Å². The number of amidine groups is 1. The first-order valence-corrected chi connectivity index (χ1v) is 6.67. The first kappa shape index (κ1) is 14.1. The molecule has 2 rings (SSSR count). The highest BCUT2D eigenvalue weighted by molar-refractivity contribution is 8.15. The summed E-state index contributed by atoms with van der Waals surface area (Å²) in [6, 6.07) is 7.04. The SMILES string of the molecule is NC(=O)COc1ccccc1C=NN=C1NC(=O)CS1. The maximum atomic E-state index is 11.0. The number of rotatable bonds is 5. The van der Waals surface area contributed by atoms with E-state index >= 15 is 0 Å². The van der Waals surface area contributed by atoms with Crippen molar-refractivity contribution in [2.75, 3.05) is 12.4 Å². The summed E-state index contributed by atoms with van der Waals surface area (Å²) in [4.78, 5) is 21.7. The molecule has 0 atom stereocenters. The van der Waals surface area contributed by atoms with Crippen LogP contribution in [0.5, 0.6) is 5.75 Å². The second-order valence-corrected chi connectivity index (χ2v) is 4.74. The van der Waals surface area contributed by atoms with E-state index in [9.17, 15) is 9.59 Å². The number of ether oxygens (including phenoxy) is 1. The van der Waals surface area contributed by atoms with Crippen molar-refractivity contribution in [2.24, 2.45) is 15.9 Å². The van der Waals surface area contributed by atoms with E-state index in [1.807, 2.05) is 0 Å². The minimum Gasteiger partial charge on any atom is -0.483 e. The van der Waals surface area contributed by atoms with Gasteiger partial charge in [-0.05, 0) is 12.1 Å². The first-order chi connectivity index (χ1) is 9.65. The van der Waals surface area contributed by atoms with Crippen LogP contribution < -0.4 is 15.8 Å². The normalized spacial score (nSPS) is 16.6. The molecule has 7 nitrogen and oxygen atoms in total. The molecule has 1 aliphatic heterocycles. The molecule has 1 aromatic carbocycles. The van der Waals surface area contributed by atoms with Crippen molar-refractivity contribution < 1.29 is 14.3 Å². The van der Waals surface area contributed by atoms with E-state index in [2.05, 4.69) is 15.5 Å². The number of carbonyl (C=O) groups excluding carboxylic acids is 2. The molecule has 0 spiro atoms. The molecule has 0 bridgehead atoms. The zero-order valence-corrected chi connectivity index (χ0v) is 11.2. The lowest BCUT2D eigenvalue weighted by atomic mass is 10.2. The molecule has 8 heteroatoms. The Morgan fingerprint density at radius 1 is 1.50 bits per heavy atom. The number of hydrogen-bond donors (Lipinski definition) is 2. The molecule has 1 saturated heterocycles. The van der Waals surface area contributed by atoms with E-state index < -0.39 is 5.91 Å². The van der Waals surface area contributed by atoms with Crippen molar-refractivity contribution in [1.29, 1.82) is 0 Å². The molecule has 1 fully saturated rings. The van der Waals surface area contributed by atoms with E-state index in [-0.39, 0.29) is 12.5 Å². The average Bonchev–Trinajstić information content (AvgIpc) is 2.83. The Kier molecular flexibility index (Phi) is 4.72. The van der Waals surface area contributed by atoms with Crippen molar-refractivity contribution in [1.82, 2.24) is 5.32 Å². The maximum Gasteiger partial charge on any atom is 0.255 e. The van der Waals surface area contributed by atoms with Gasteiger partial charge < -0.3 is 15.8 Å². The highest BCUT2D eigenvalue weighted by Gasteiger charge is 2.15. The van der Waals surface area contributed by atoms with Crippen LogP contribution in [0, 0.1) is 0 Å². The van der Waals surface area contributed by atoms with E-state index in [0.29, 0.717) is 22.2 Å². The monoisotopic (exact) mass is 292 g/mol. The highest BCUT2D eigenvalue weighted by Crippen LogP contribution is 2.16. The van der Waals surface area contributed by atoms with Gasteiger partial charge in [0, 0.05) is 5.56 Å². The fourth-order valence-electron chi connectivity index (χ4n) is 1.39. The van der Waals surface area contributed by atoms with E-state index in [4.69, 9.17) is 10.5 Å². The lowest BCUT2D eigenvalue weighted by Crippen LogP contribution is -2.20. The standard InChI is InChI=1S/C12H12N4O3S/c13-10(17)6-19-9-4-2-1-3-8(9)5-14-16-12-15-11(18)7-20-12/h1-5H,6-7H2,(H2,13,17)(H,15,16,18). The van der Waals surface area contributed by atoms with Gasteiger partial charge in [-0.25, -0.2) is 0 Å². The van der Waals surface area contributed by atoms with Crippen molar-refractivity contribution >= 4 is 35.0 Å². The minimum absolute atomic E-state index is 0.0888. The summed E-state index contributed by atoms with van der Waals surface area (Å²) in [5, 5.41) is 10.8. The number of hydrogen-bond acceptors (Lipinski definition) is 6. The highest BCUT2D eigenvalue weighted by atomic mass is 32.2. The van der Waals surface area contributed by atoms with E-state index in [1.165, 1.54) is 18.0 Å². The molecule has 0 radical (unpaired) electrons. The van der Waals surface area contributed by atoms with Crippen molar-refractivity contribution in [3.63, 3.8) is 0 Å². The maximum absolute atomic E-state index is 11.0. The summed E-state index contributed by atoms with van der Waals surface area (Å²) in [6.45, 7) is -0.203. The quantitative estimate of drug-likeness (QED) is 0.593. The predicted molar refractivity (Wildman–Crippen MR) is 76.8 cm³/mol. The minimum atomic E-state index is -0.554. The molecule has 20 heavy (non-hydrogen) atoms. The number of benzene rings is 1. The predicted octanol–water partition coefficient (Wildman–Crippen LogP) is 0.104. The molecule has 3 N–H and O–H groups in total. The Morgan fingerprint density at radius 3 is 3.00 bits per heavy atom. The molecule has 1 aliphatic rings. The number of carbonyl (C=O) groups is 2. The summed E-state index contributed by atoms with van der Waals surface area (Å²) in [5.74, 6) is 0.196. The Balaban J connectivity index is 2.05. The lowest BCUT2D eigenvalue weighted by molar-refractivity contribution is -0.120. The van der Waals surface area contributed by atoms with Gasteiger partial charge in [0.2, 0.25) is 5.91 Å². The third kappa shape index (κ3) is 4.09. The largest absolute Gasteiger partial charge is 0.483 e. The van der Waals surface area contributed by atoms with Crippen LogP contribution in [0.3, 0.4) is 0 Å². The van der Waals surface area contributed by atoms with Crippen LogP contribution in [0.15, 0.2) is 34.5 Å². The first-order valence-electron chi connectivity index (χ1n) is 5.69. The second kappa shape index (κ2) is 6.71. The molecule has 0 saturated carbocycles. The van der Waals surface area contributed by atoms with Crippen LogP contribution in [0.25, 0.3) is 0 Å². The van der Waals surface area contributed by atoms with E-state index in [1.54, 1.807) is 24.3 Å². The summed E-state index contributed by atoms with van der Waals surface area (Å²) >= 11 is 1.29. The van der Waals surface area contributed by atoms with Gasteiger partial charge in [0.05, 0.1) is 12.0 Å². The number of para-hydroxylation sites is 1. The van der Waals surface area contributed by atoms with Crippen LogP contribution in [-0.4, -0.2) is 35.6 Å². The summed E-state index contributed by atoms with van der Waals surface area (Å²) < 4.78 is 5.25. The molecule has 0 aliphatic carbocycles. The third-order valence-corrected chi connectivity index (χ3v) is 3.08. The number of nitrogens with one attached hydrogen (secondary N) is 1. The number of nitrogens with zero attached hydrogens (tertiary/aromatic N) is 2. The number of nitrogens with two attached hydrogens (primary N) is 1. The molecule has 1 heterocycles. The second-order valence-electron chi connectivity index (χ2n) is 3.78. The van der Waals surface area contributed by atoms with Gasteiger partial charge in [0.15, 0.2) is 11.8 Å². The number of thioether (sulfide) groups is 1. The van der Waals surface area contributed by atoms with Gasteiger partial charge >= 0.3 is 0 Å². The molecular formula is C12H12N4O3S. The van der Waals surface area contributed by atoms with Crippen LogP contribution in [0.1, 0.15) is 5.56 Å². The van der Waals surface area contributed by atoms with Gasteiger partial charge in [-0.1, -0.05) is 23.9 Å². The van der Waals surface area contributed by atoms with Crippen LogP contribution in [-0.2, 0) is 9.59 Å². The van der Waals surface area contributed by atoms with Crippen LogP contribution in [0.4, 0.5) is 0 Å². The van der Waals surface area contributed by atoms with Gasteiger partial charge in [0.25, 0.3) is 5.91 Å². The fraction of sp³-hybridized carbons (Fsp3) is 0.167. The summed E-state index contributed by atoms with van der Waals surface area (Å²) in [7, 11) is 0. The number of primary amides is 1. The van der Waals surface area contributed by atoms with Crippen LogP contribution >= 0.6 is 11.8 Å². The van der Waals surface area contributed by atoms with Crippen molar-refractivity contribution in [3.8, 4) is 5.75 Å². The van der Waals surface area contributed by atoms with Crippen LogP contribution in [0.2, 0.25) is 0 Å². The zero-order valence-electron chi connectivity index (χ0n) is 10.4. The molecule has 1 aromatic rings. The molecule has 104 valence electrons. The molecule has 0 unspecified atom stereocenters. The van der Waals surface area contributed by atoms with Crippen molar-refractivity contribution in [3.05, 3.63) is 29.8 Å². The number of amides is 2. The summed E-state index contributed by atoms with van der Waals surface area (Å²) in [5.41, 5.74) is 5.68. The topological polar surface area (TPSA) is 106 Å². The van der Waals surface area contributed by atoms with Crippen molar-refractivity contribution in [2.45, 2.75) is 0 Å². The fourth-order valence-corrected chi connectivity index (χ4v) is 2.02. The lowest BCUT2D eigenvalue weighted by Gasteiger charge is -2.05. The molecular weight excluding hydrogens is 280 g/mol. The Hall–Kier alpha value is -2.35. The Morgan fingerprint density at radius 2 is 2.30 bits per heavy atom.